The molecule has 1 unspecified atom stereocenters. The molecule has 4 heteroatoms. The molecule has 2 N–H and O–H groups in total. The molecule has 1 heterocycles. The highest BCUT2D eigenvalue weighted by Gasteiger charge is 2.11. The number of anilines is 1. The molecular weight excluding hydrogens is 224 g/mol. The van der Waals surface area contributed by atoms with Gasteiger partial charge in [-0.3, -0.25) is 0 Å². The van der Waals surface area contributed by atoms with Gasteiger partial charge in [-0.05, 0) is 24.6 Å². The second-order valence-corrected chi connectivity index (χ2v) is 3.98. The smallest absolute Gasteiger partial charge is 0.0642 e. The third kappa shape index (κ3) is 3.11. The molecule has 0 aromatic heterocycles. The minimum atomic E-state index is 0. The molecule has 0 saturated carbocycles. The van der Waals surface area contributed by atoms with Gasteiger partial charge in [0.2, 0.25) is 0 Å². The lowest BCUT2D eigenvalue weighted by atomic mass is 10.1. The highest BCUT2D eigenvalue weighted by atomic mass is 35.5. The maximum absolute atomic E-state index is 5.87. The number of halogens is 1. The van der Waals surface area contributed by atoms with Crippen molar-refractivity contribution >= 4 is 18.1 Å². The van der Waals surface area contributed by atoms with Crippen molar-refractivity contribution in [3.8, 4) is 0 Å². The van der Waals surface area contributed by atoms with E-state index in [4.69, 9.17) is 10.5 Å². The van der Waals surface area contributed by atoms with Gasteiger partial charge in [0.25, 0.3) is 0 Å². The van der Waals surface area contributed by atoms with Crippen LogP contribution in [0.2, 0.25) is 0 Å². The highest BCUT2D eigenvalue weighted by Crippen LogP contribution is 2.20. The van der Waals surface area contributed by atoms with Crippen LogP contribution in [0.3, 0.4) is 0 Å². The quantitative estimate of drug-likeness (QED) is 0.862. The highest BCUT2D eigenvalue weighted by molar-refractivity contribution is 5.85. The van der Waals surface area contributed by atoms with E-state index in [1.807, 2.05) is 6.92 Å². The molecule has 1 atom stereocenters. The van der Waals surface area contributed by atoms with Crippen LogP contribution in [0.1, 0.15) is 18.5 Å². The maximum atomic E-state index is 5.87. The summed E-state index contributed by atoms with van der Waals surface area (Å²) in [7, 11) is 0. The Bertz CT molecular complexity index is 325. The number of morpholine rings is 1. The summed E-state index contributed by atoms with van der Waals surface area (Å²) in [5, 5.41) is 0. The molecule has 0 aliphatic carbocycles. The summed E-state index contributed by atoms with van der Waals surface area (Å²) in [5.74, 6) is 0. The van der Waals surface area contributed by atoms with Crippen molar-refractivity contribution in [2.75, 3.05) is 31.2 Å². The van der Waals surface area contributed by atoms with Gasteiger partial charge in [0.05, 0.1) is 13.2 Å². The van der Waals surface area contributed by atoms with Crippen LogP contribution in [0.4, 0.5) is 5.69 Å². The summed E-state index contributed by atoms with van der Waals surface area (Å²) in [4.78, 5) is 2.34. The first kappa shape index (κ1) is 13.3. The van der Waals surface area contributed by atoms with Crippen molar-refractivity contribution in [1.82, 2.24) is 0 Å². The first-order valence-electron chi connectivity index (χ1n) is 5.45. The minimum Gasteiger partial charge on any atom is -0.378 e. The van der Waals surface area contributed by atoms with Crippen molar-refractivity contribution in [2.24, 2.45) is 5.73 Å². The fourth-order valence-electron chi connectivity index (χ4n) is 1.83. The van der Waals surface area contributed by atoms with Crippen LogP contribution in [0.25, 0.3) is 0 Å². The summed E-state index contributed by atoms with van der Waals surface area (Å²) in [5.41, 5.74) is 8.32. The number of benzene rings is 1. The number of hydrogen-bond acceptors (Lipinski definition) is 3. The Kier molecular flexibility index (Phi) is 5.06. The van der Waals surface area contributed by atoms with E-state index in [2.05, 4.69) is 29.2 Å². The summed E-state index contributed by atoms with van der Waals surface area (Å²) in [6.07, 6.45) is 0. The summed E-state index contributed by atoms with van der Waals surface area (Å²) in [6.45, 7) is 5.61. The second kappa shape index (κ2) is 6.09. The molecule has 0 bridgehead atoms. The molecule has 1 saturated heterocycles. The van der Waals surface area contributed by atoms with Crippen LogP contribution < -0.4 is 10.6 Å². The molecule has 1 aliphatic heterocycles. The summed E-state index contributed by atoms with van der Waals surface area (Å²) in [6, 6.07) is 8.57. The third-order valence-corrected chi connectivity index (χ3v) is 2.77. The Balaban J connectivity index is 0.00000128. The second-order valence-electron chi connectivity index (χ2n) is 3.98. The topological polar surface area (TPSA) is 38.5 Å². The molecule has 1 aromatic rings. The fourth-order valence-corrected chi connectivity index (χ4v) is 1.83. The van der Waals surface area contributed by atoms with E-state index in [1.54, 1.807) is 0 Å². The number of nitrogens with zero attached hydrogens (tertiary/aromatic N) is 1. The summed E-state index contributed by atoms with van der Waals surface area (Å²) < 4.78 is 5.33. The molecule has 0 spiro atoms. The van der Waals surface area contributed by atoms with Gasteiger partial charge < -0.3 is 15.4 Å². The van der Waals surface area contributed by atoms with Gasteiger partial charge in [-0.25, -0.2) is 0 Å². The van der Waals surface area contributed by atoms with Gasteiger partial charge in [0.15, 0.2) is 0 Å². The SMILES string of the molecule is CC(N)c1cccc(N2CCOCC2)c1.Cl. The van der Waals surface area contributed by atoms with E-state index in [1.165, 1.54) is 11.3 Å². The van der Waals surface area contributed by atoms with Crippen molar-refractivity contribution in [2.45, 2.75) is 13.0 Å². The largest absolute Gasteiger partial charge is 0.378 e. The van der Waals surface area contributed by atoms with Gasteiger partial charge in [-0.15, -0.1) is 12.4 Å². The first-order chi connectivity index (χ1) is 7.27. The van der Waals surface area contributed by atoms with E-state index in [0.717, 1.165) is 26.3 Å². The van der Waals surface area contributed by atoms with Crippen LogP contribution in [0.5, 0.6) is 0 Å². The molecule has 3 nitrogen and oxygen atoms in total. The molecule has 2 rings (SSSR count). The lowest BCUT2D eigenvalue weighted by Crippen LogP contribution is -2.36. The van der Waals surface area contributed by atoms with E-state index >= 15 is 0 Å². The number of nitrogens with two attached hydrogens (primary N) is 1. The van der Waals surface area contributed by atoms with Crippen molar-refractivity contribution in [1.29, 1.82) is 0 Å². The Morgan fingerprint density at radius 2 is 2.00 bits per heavy atom. The molecular formula is C12H19ClN2O. The number of rotatable bonds is 2. The zero-order valence-electron chi connectivity index (χ0n) is 9.56. The Labute approximate surface area is 103 Å². The normalized spacial score (nSPS) is 17.8. The molecule has 90 valence electrons. The molecule has 1 aromatic carbocycles. The van der Waals surface area contributed by atoms with E-state index in [0.29, 0.717) is 0 Å². The zero-order valence-corrected chi connectivity index (χ0v) is 10.4. The van der Waals surface area contributed by atoms with Crippen LogP contribution in [0.15, 0.2) is 24.3 Å². The van der Waals surface area contributed by atoms with Crippen LogP contribution >= 0.6 is 12.4 Å². The Morgan fingerprint density at radius 1 is 1.31 bits per heavy atom. The van der Waals surface area contributed by atoms with E-state index in [9.17, 15) is 0 Å². The van der Waals surface area contributed by atoms with Gasteiger partial charge in [-0.1, -0.05) is 12.1 Å². The zero-order chi connectivity index (χ0) is 10.7. The third-order valence-electron chi connectivity index (χ3n) is 2.77. The van der Waals surface area contributed by atoms with Gasteiger partial charge in [-0.2, -0.15) is 0 Å². The first-order valence-corrected chi connectivity index (χ1v) is 5.45. The standard InChI is InChI=1S/C12H18N2O.ClH/c1-10(13)11-3-2-4-12(9-11)14-5-7-15-8-6-14;/h2-4,9-10H,5-8,13H2,1H3;1H. The van der Waals surface area contributed by atoms with Crippen molar-refractivity contribution in [3.63, 3.8) is 0 Å². The van der Waals surface area contributed by atoms with Crippen LogP contribution in [-0.4, -0.2) is 26.3 Å². The Hall–Kier alpha value is -0.770. The van der Waals surface area contributed by atoms with Crippen LogP contribution in [0, 0.1) is 0 Å². The fraction of sp³-hybridized carbons (Fsp3) is 0.500. The van der Waals surface area contributed by atoms with Crippen LogP contribution in [-0.2, 0) is 4.74 Å². The minimum absolute atomic E-state index is 0. The molecule has 16 heavy (non-hydrogen) atoms. The van der Waals surface area contributed by atoms with E-state index < -0.39 is 0 Å². The Morgan fingerprint density at radius 3 is 2.62 bits per heavy atom. The predicted octanol–water partition coefficient (Wildman–Crippen LogP) is 1.96. The number of hydrogen-bond donors (Lipinski definition) is 1. The monoisotopic (exact) mass is 242 g/mol. The van der Waals surface area contributed by atoms with E-state index in [-0.39, 0.29) is 18.4 Å². The summed E-state index contributed by atoms with van der Waals surface area (Å²) >= 11 is 0. The van der Waals surface area contributed by atoms with Crippen molar-refractivity contribution in [3.05, 3.63) is 29.8 Å². The molecule has 1 fully saturated rings. The average Bonchev–Trinajstić information content (AvgIpc) is 2.30. The number of ether oxygens (including phenoxy) is 1. The molecule has 0 radical (unpaired) electrons. The molecule has 0 amide bonds. The van der Waals surface area contributed by atoms with Crippen molar-refractivity contribution < 1.29 is 4.74 Å². The maximum Gasteiger partial charge on any atom is 0.0642 e. The van der Waals surface area contributed by atoms with Gasteiger partial charge in [0, 0.05) is 24.8 Å². The van der Waals surface area contributed by atoms with Gasteiger partial charge >= 0.3 is 0 Å². The molecule has 1 aliphatic rings. The lowest BCUT2D eigenvalue weighted by molar-refractivity contribution is 0.122. The lowest BCUT2D eigenvalue weighted by Gasteiger charge is -2.29. The predicted molar refractivity (Wildman–Crippen MR) is 69.3 cm³/mol. The average molecular weight is 243 g/mol. The van der Waals surface area contributed by atoms with Gasteiger partial charge in [0.1, 0.15) is 0 Å².